The average molecular weight is 384 g/mol. The molecule has 0 spiro atoms. The van der Waals surface area contributed by atoms with Crippen LogP contribution in [0.25, 0.3) is 0 Å². The lowest BCUT2D eigenvalue weighted by Gasteiger charge is -2.16. The first kappa shape index (κ1) is 18.2. The molecular weight excluding hydrogens is 369 g/mol. The van der Waals surface area contributed by atoms with Gasteiger partial charge in [0.2, 0.25) is 5.91 Å². The van der Waals surface area contributed by atoms with Gasteiger partial charge in [-0.1, -0.05) is 6.07 Å². The van der Waals surface area contributed by atoms with Gasteiger partial charge in [-0.2, -0.15) is 13.2 Å². The molecule has 2 aromatic carbocycles. The molecular formula is C17H15F3N2O3S. The van der Waals surface area contributed by atoms with Crippen LogP contribution in [0.1, 0.15) is 25.0 Å². The van der Waals surface area contributed by atoms with Gasteiger partial charge in [0.05, 0.1) is 15.9 Å². The second-order valence-corrected chi connectivity index (χ2v) is 8.15. The second-order valence-electron chi connectivity index (χ2n) is 6.47. The van der Waals surface area contributed by atoms with Gasteiger partial charge in [-0.15, -0.1) is 0 Å². The molecule has 1 heterocycles. The first-order valence-corrected chi connectivity index (χ1v) is 9.06. The lowest BCUT2D eigenvalue weighted by atomic mass is 9.86. The molecule has 26 heavy (non-hydrogen) atoms. The van der Waals surface area contributed by atoms with Crippen LogP contribution in [0.5, 0.6) is 0 Å². The molecule has 0 aromatic heterocycles. The third kappa shape index (κ3) is 3.14. The highest BCUT2D eigenvalue weighted by Crippen LogP contribution is 2.38. The minimum absolute atomic E-state index is 0.141. The first-order chi connectivity index (χ1) is 11.9. The number of amides is 1. The van der Waals surface area contributed by atoms with Crippen LogP contribution in [-0.2, 0) is 26.4 Å². The highest BCUT2D eigenvalue weighted by molar-refractivity contribution is 7.92. The Bertz CT molecular complexity index is 999. The summed E-state index contributed by atoms with van der Waals surface area (Å²) in [6.07, 6.45) is -4.58. The molecule has 0 saturated heterocycles. The Kier molecular flexibility index (Phi) is 4.02. The summed E-state index contributed by atoms with van der Waals surface area (Å²) in [7, 11) is -4.12. The van der Waals surface area contributed by atoms with Crippen molar-refractivity contribution < 1.29 is 26.4 Å². The molecule has 3 rings (SSSR count). The van der Waals surface area contributed by atoms with E-state index in [4.69, 9.17) is 0 Å². The van der Waals surface area contributed by atoms with Crippen molar-refractivity contribution in [1.82, 2.24) is 0 Å². The van der Waals surface area contributed by atoms with Gasteiger partial charge in [0.25, 0.3) is 10.0 Å². The number of hydrogen-bond acceptors (Lipinski definition) is 3. The third-order valence-electron chi connectivity index (χ3n) is 4.23. The Balaban J connectivity index is 1.96. The normalized spacial score (nSPS) is 16.1. The van der Waals surface area contributed by atoms with Crippen molar-refractivity contribution >= 4 is 27.3 Å². The van der Waals surface area contributed by atoms with Gasteiger partial charge >= 0.3 is 6.18 Å². The van der Waals surface area contributed by atoms with Crippen LogP contribution in [-0.4, -0.2) is 14.3 Å². The standard InChI is InChI=1S/C17H15F3N2O3S/c1-16(2)13-9-12(6-7-14(13)21-15(16)23)26(24,25)22-11-5-3-4-10(8-11)17(18,19)20/h3-9,22H,1-2H3,(H,21,23). The minimum Gasteiger partial charge on any atom is -0.325 e. The van der Waals surface area contributed by atoms with E-state index in [1.165, 1.54) is 24.3 Å². The summed E-state index contributed by atoms with van der Waals surface area (Å²) in [5.41, 5.74) is -1.04. The second kappa shape index (κ2) is 5.73. The average Bonchev–Trinajstić information content (AvgIpc) is 2.76. The van der Waals surface area contributed by atoms with E-state index < -0.39 is 27.2 Å². The van der Waals surface area contributed by atoms with Gasteiger partial charge in [-0.3, -0.25) is 9.52 Å². The molecule has 5 nitrogen and oxygen atoms in total. The Morgan fingerprint density at radius 3 is 2.42 bits per heavy atom. The number of anilines is 2. The van der Waals surface area contributed by atoms with Crippen LogP contribution in [0.15, 0.2) is 47.4 Å². The summed E-state index contributed by atoms with van der Waals surface area (Å²) in [5.74, 6) is -0.257. The van der Waals surface area contributed by atoms with Gasteiger partial charge in [0.1, 0.15) is 0 Å². The van der Waals surface area contributed by atoms with Gasteiger partial charge in [0.15, 0.2) is 0 Å². The fraction of sp³-hybridized carbons (Fsp3) is 0.235. The van der Waals surface area contributed by atoms with E-state index in [-0.39, 0.29) is 16.5 Å². The van der Waals surface area contributed by atoms with E-state index in [0.29, 0.717) is 11.3 Å². The van der Waals surface area contributed by atoms with Crippen LogP contribution in [0, 0.1) is 0 Å². The molecule has 0 atom stereocenters. The Morgan fingerprint density at radius 2 is 1.77 bits per heavy atom. The molecule has 2 N–H and O–H groups in total. The summed E-state index contributed by atoms with van der Waals surface area (Å²) in [4.78, 5) is 11.8. The Morgan fingerprint density at radius 1 is 1.08 bits per heavy atom. The maximum Gasteiger partial charge on any atom is 0.416 e. The quantitative estimate of drug-likeness (QED) is 0.847. The molecule has 0 saturated carbocycles. The monoisotopic (exact) mass is 384 g/mol. The number of nitrogens with one attached hydrogen (secondary N) is 2. The van der Waals surface area contributed by atoms with E-state index in [0.717, 1.165) is 18.2 Å². The molecule has 0 unspecified atom stereocenters. The molecule has 9 heteroatoms. The molecule has 2 aromatic rings. The molecule has 1 aliphatic heterocycles. The maximum absolute atomic E-state index is 12.8. The number of halogens is 3. The summed E-state index contributed by atoms with van der Waals surface area (Å²) in [5, 5.41) is 2.66. The van der Waals surface area contributed by atoms with Gasteiger partial charge in [-0.05, 0) is 55.8 Å². The number of benzene rings is 2. The van der Waals surface area contributed by atoms with Gasteiger partial charge in [0, 0.05) is 11.4 Å². The van der Waals surface area contributed by atoms with Crippen molar-refractivity contribution in [3.05, 3.63) is 53.6 Å². The summed E-state index contributed by atoms with van der Waals surface area (Å²) in [6.45, 7) is 3.32. The Labute approximate surface area is 148 Å². The fourth-order valence-corrected chi connectivity index (χ4v) is 3.77. The van der Waals surface area contributed by atoms with Gasteiger partial charge in [-0.25, -0.2) is 8.42 Å². The number of carbonyl (C=O) groups excluding carboxylic acids is 1. The zero-order valence-electron chi connectivity index (χ0n) is 13.8. The predicted octanol–water partition coefficient (Wildman–Crippen LogP) is 3.74. The van der Waals surface area contributed by atoms with Gasteiger partial charge < -0.3 is 5.32 Å². The highest BCUT2D eigenvalue weighted by Gasteiger charge is 2.39. The topological polar surface area (TPSA) is 75.3 Å². The van der Waals surface area contributed by atoms with Crippen LogP contribution in [0.2, 0.25) is 0 Å². The van der Waals surface area contributed by atoms with Crippen molar-refractivity contribution in [3.63, 3.8) is 0 Å². The van der Waals surface area contributed by atoms with Crippen molar-refractivity contribution in [1.29, 1.82) is 0 Å². The number of rotatable bonds is 3. The smallest absolute Gasteiger partial charge is 0.325 e. The number of sulfonamides is 1. The van der Waals surface area contributed by atoms with Crippen molar-refractivity contribution in [2.75, 3.05) is 10.0 Å². The Hall–Kier alpha value is -2.55. The van der Waals surface area contributed by atoms with Crippen LogP contribution in [0.4, 0.5) is 24.5 Å². The summed E-state index contributed by atoms with van der Waals surface area (Å²) in [6, 6.07) is 8.03. The summed E-state index contributed by atoms with van der Waals surface area (Å²) < 4.78 is 65.6. The molecule has 0 bridgehead atoms. The molecule has 1 aliphatic rings. The maximum atomic E-state index is 12.8. The SMILES string of the molecule is CC1(C)C(=O)Nc2ccc(S(=O)(=O)Nc3cccc(C(F)(F)F)c3)cc21. The third-order valence-corrected chi connectivity index (χ3v) is 5.61. The fourth-order valence-electron chi connectivity index (χ4n) is 2.69. The minimum atomic E-state index is -4.58. The number of fused-ring (bicyclic) bond motifs is 1. The lowest BCUT2D eigenvalue weighted by molar-refractivity contribution is -0.137. The van der Waals surface area contributed by atoms with Crippen molar-refractivity contribution in [2.24, 2.45) is 0 Å². The number of alkyl halides is 3. The number of carbonyl (C=O) groups is 1. The largest absolute Gasteiger partial charge is 0.416 e. The molecule has 1 amide bonds. The van der Waals surface area contributed by atoms with Crippen molar-refractivity contribution in [3.8, 4) is 0 Å². The van der Waals surface area contributed by atoms with Crippen LogP contribution < -0.4 is 10.0 Å². The van der Waals surface area contributed by atoms with E-state index in [9.17, 15) is 26.4 Å². The van der Waals surface area contributed by atoms with Crippen LogP contribution >= 0.6 is 0 Å². The molecule has 138 valence electrons. The summed E-state index contributed by atoms with van der Waals surface area (Å²) >= 11 is 0. The molecule has 0 radical (unpaired) electrons. The zero-order chi connectivity index (χ0) is 19.3. The van der Waals surface area contributed by atoms with Crippen LogP contribution in [0.3, 0.4) is 0 Å². The molecule has 0 aliphatic carbocycles. The van der Waals surface area contributed by atoms with E-state index in [1.54, 1.807) is 13.8 Å². The first-order valence-electron chi connectivity index (χ1n) is 7.57. The molecule has 0 fully saturated rings. The van der Waals surface area contributed by atoms with E-state index in [2.05, 4.69) is 10.0 Å². The predicted molar refractivity (Wildman–Crippen MR) is 90.4 cm³/mol. The lowest BCUT2D eigenvalue weighted by Crippen LogP contribution is -2.27. The van der Waals surface area contributed by atoms with Crippen molar-refractivity contribution in [2.45, 2.75) is 30.3 Å². The highest BCUT2D eigenvalue weighted by atomic mass is 32.2. The number of hydrogen-bond donors (Lipinski definition) is 2. The van der Waals surface area contributed by atoms with E-state index in [1.807, 2.05) is 0 Å². The van der Waals surface area contributed by atoms with E-state index >= 15 is 0 Å². The zero-order valence-corrected chi connectivity index (χ0v) is 14.6.